The summed E-state index contributed by atoms with van der Waals surface area (Å²) in [5.74, 6) is 0.600. The van der Waals surface area contributed by atoms with Crippen LogP contribution in [0.2, 0.25) is 0 Å². The summed E-state index contributed by atoms with van der Waals surface area (Å²) in [7, 11) is 2.19. The molecule has 2 aromatic rings. The van der Waals surface area contributed by atoms with Crippen LogP contribution in [0.3, 0.4) is 0 Å². The average Bonchev–Trinajstić information content (AvgIpc) is 2.95. The number of hydrogen-bond acceptors (Lipinski definition) is 5. The van der Waals surface area contributed by atoms with Crippen molar-refractivity contribution in [3.63, 3.8) is 0 Å². The number of benzene rings is 1. The van der Waals surface area contributed by atoms with E-state index in [0.717, 1.165) is 35.5 Å². The number of fused-ring (bicyclic) bond motifs is 3. The van der Waals surface area contributed by atoms with E-state index in [9.17, 15) is 4.79 Å². The van der Waals surface area contributed by atoms with Gasteiger partial charge in [0.25, 0.3) is 0 Å². The van der Waals surface area contributed by atoms with Crippen LogP contribution in [0.15, 0.2) is 30.5 Å². The molecular formula is C19H23N5O. The Labute approximate surface area is 147 Å². The van der Waals surface area contributed by atoms with Gasteiger partial charge in [0.05, 0.1) is 17.8 Å². The van der Waals surface area contributed by atoms with Crippen molar-refractivity contribution in [1.82, 2.24) is 14.9 Å². The minimum absolute atomic E-state index is 0.0280. The van der Waals surface area contributed by atoms with Gasteiger partial charge in [-0.15, -0.1) is 0 Å². The molecule has 130 valence electrons. The van der Waals surface area contributed by atoms with E-state index in [1.807, 2.05) is 24.3 Å². The monoisotopic (exact) mass is 337 g/mol. The van der Waals surface area contributed by atoms with Gasteiger partial charge in [0.2, 0.25) is 11.9 Å². The molecule has 25 heavy (non-hydrogen) atoms. The number of nitrogens with zero attached hydrogens (tertiary/aromatic N) is 3. The van der Waals surface area contributed by atoms with Crippen LogP contribution in [-0.4, -0.2) is 47.0 Å². The van der Waals surface area contributed by atoms with Gasteiger partial charge < -0.3 is 15.5 Å². The molecule has 6 nitrogen and oxygen atoms in total. The van der Waals surface area contributed by atoms with E-state index in [1.165, 1.54) is 19.4 Å². The largest absolute Gasteiger partial charge is 0.354 e. The lowest BCUT2D eigenvalue weighted by molar-refractivity contribution is -0.115. The third kappa shape index (κ3) is 3.35. The summed E-state index contributed by atoms with van der Waals surface area (Å²) in [4.78, 5) is 23.6. The third-order valence-electron chi connectivity index (χ3n) is 5.10. The van der Waals surface area contributed by atoms with Crippen molar-refractivity contribution in [2.45, 2.75) is 31.7 Å². The Morgan fingerprint density at radius 2 is 2.24 bits per heavy atom. The molecule has 1 unspecified atom stereocenters. The first-order valence-corrected chi connectivity index (χ1v) is 8.90. The Balaban J connectivity index is 1.53. The molecule has 0 saturated carbocycles. The van der Waals surface area contributed by atoms with Crippen LogP contribution >= 0.6 is 0 Å². The van der Waals surface area contributed by atoms with Gasteiger partial charge in [-0.05, 0) is 38.9 Å². The van der Waals surface area contributed by atoms with Crippen molar-refractivity contribution in [2.75, 3.05) is 30.8 Å². The van der Waals surface area contributed by atoms with Gasteiger partial charge in [-0.25, -0.2) is 9.97 Å². The van der Waals surface area contributed by atoms with Crippen molar-refractivity contribution in [2.24, 2.45) is 0 Å². The fourth-order valence-corrected chi connectivity index (χ4v) is 3.72. The first-order chi connectivity index (χ1) is 12.2. The first kappa shape index (κ1) is 16.0. The number of para-hydroxylation sites is 1. The highest BCUT2D eigenvalue weighted by Crippen LogP contribution is 2.32. The van der Waals surface area contributed by atoms with Crippen molar-refractivity contribution in [3.8, 4) is 11.3 Å². The minimum Gasteiger partial charge on any atom is -0.354 e. The molecule has 2 aliphatic rings. The number of carbonyl (C=O) groups is 1. The number of hydrogen-bond donors (Lipinski definition) is 2. The average molecular weight is 337 g/mol. The van der Waals surface area contributed by atoms with E-state index in [0.29, 0.717) is 18.4 Å². The lowest BCUT2D eigenvalue weighted by Crippen LogP contribution is -2.27. The second kappa shape index (κ2) is 6.80. The Kier molecular flexibility index (Phi) is 4.36. The lowest BCUT2D eigenvalue weighted by Gasteiger charge is -2.19. The van der Waals surface area contributed by atoms with Crippen molar-refractivity contribution < 1.29 is 4.79 Å². The fourth-order valence-electron chi connectivity index (χ4n) is 3.72. The quantitative estimate of drug-likeness (QED) is 0.897. The molecule has 3 heterocycles. The van der Waals surface area contributed by atoms with E-state index in [1.54, 1.807) is 6.20 Å². The highest BCUT2D eigenvalue weighted by Gasteiger charge is 2.22. The molecule has 0 bridgehead atoms. The molecular weight excluding hydrogens is 314 g/mol. The van der Waals surface area contributed by atoms with Crippen LogP contribution in [0.25, 0.3) is 11.3 Å². The van der Waals surface area contributed by atoms with E-state index in [4.69, 9.17) is 4.98 Å². The van der Waals surface area contributed by atoms with E-state index in [2.05, 4.69) is 27.6 Å². The first-order valence-electron chi connectivity index (χ1n) is 8.90. The van der Waals surface area contributed by atoms with E-state index < -0.39 is 0 Å². The van der Waals surface area contributed by atoms with Crippen LogP contribution in [0.5, 0.6) is 0 Å². The Hall–Kier alpha value is -2.47. The maximum Gasteiger partial charge on any atom is 0.228 e. The summed E-state index contributed by atoms with van der Waals surface area (Å²) >= 11 is 0. The van der Waals surface area contributed by atoms with E-state index >= 15 is 0 Å². The fraction of sp³-hybridized carbons (Fsp3) is 0.421. The zero-order chi connectivity index (χ0) is 17.2. The van der Waals surface area contributed by atoms with Crippen LogP contribution in [0, 0.1) is 0 Å². The standard InChI is InChI=1S/C19H23N5O/c1-24-10-4-5-14(24)8-9-20-19-21-12-13-11-17(25)22-16-7-3-2-6-15(16)18(13)23-19/h2-3,6-7,12,14H,4-5,8-11H2,1H3,(H,22,25)(H,20,21,23). The molecule has 2 N–H and O–H groups in total. The number of carbonyl (C=O) groups excluding carboxylic acids is 1. The molecule has 1 saturated heterocycles. The van der Waals surface area contributed by atoms with Crippen molar-refractivity contribution in [3.05, 3.63) is 36.0 Å². The summed E-state index contributed by atoms with van der Waals surface area (Å²) in [5.41, 5.74) is 3.46. The molecule has 1 atom stereocenters. The SMILES string of the molecule is CN1CCCC1CCNc1ncc2c(n1)-c1ccccc1NC(=O)C2. The number of amides is 1. The molecule has 4 rings (SSSR count). The van der Waals surface area contributed by atoms with Crippen LogP contribution in [0.4, 0.5) is 11.6 Å². The molecule has 1 fully saturated rings. The number of aromatic nitrogens is 2. The molecule has 2 aliphatic heterocycles. The molecule has 0 aliphatic carbocycles. The van der Waals surface area contributed by atoms with E-state index in [-0.39, 0.29) is 5.91 Å². The predicted octanol–water partition coefficient (Wildman–Crippen LogP) is 2.53. The van der Waals surface area contributed by atoms with Gasteiger partial charge in [-0.1, -0.05) is 18.2 Å². The molecule has 1 aromatic heterocycles. The Morgan fingerprint density at radius 1 is 1.36 bits per heavy atom. The summed E-state index contributed by atoms with van der Waals surface area (Å²) in [6, 6.07) is 8.43. The van der Waals surface area contributed by atoms with Gasteiger partial charge in [0, 0.05) is 29.9 Å². The molecule has 6 heteroatoms. The zero-order valence-electron chi connectivity index (χ0n) is 14.5. The van der Waals surface area contributed by atoms with Crippen LogP contribution in [-0.2, 0) is 11.2 Å². The number of likely N-dealkylation sites (tertiary alicyclic amines) is 1. The summed E-state index contributed by atoms with van der Waals surface area (Å²) in [6.45, 7) is 2.05. The second-order valence-corrected chi connectivity index (χ2v) is 6.83. The van der Waals surface area contributed by atoms with Gasteiger partial charge in [0.15, 0.2) is 0 Å². The second-order valence-electron chi connectivity index (χ2n) is 6.83. The summed E-state index contributed by atoms with van der Waals surface area (Å²) in [6.07, 6.45) is 5.72. The number of nitrogens with one attached hydrogen (secondary N) is 2. The van der Waals surface area contributed by atoms with Crippen LogP contribution < -0.4 is 10.6 Å². The number of anilines is 2. The van der Waals surface area contributed by atoms with Gasteiger partial charge in [0.1, 0.15) is 0 Å². The van der Waals surface area contributed by atoms with Gasteiger partial charge in [-0.2, -0.15) is 0 Å². The van der Waals surface area contributed by atoms with Crippen molar-refractivity contribution in [1.29, 1.82) is 0 Å². The minimum atomic E-state index is -0.0280. The maximum absolute atomic E-state index is 12.1. The molecule has 1 amide bonds. The highest BCUT2D eigenvalue weighted by molar-refractivity contribution is 5.99. The number of rotatable bonds is 4. The summed E-state index contributed by atoms with van der Waals surface area (Å²) in [5, 5.41) is 6.29. The maximum atomic E-state index is 12.1. The predicted molar refractivity (Wildman–Crippen MR) is 98.6 cm³/mol. The van der Waals surface area contributed by atoms with Gasteiger partial charge >= 0.3 is 0 Å². The molecule has 0 radical (unpaired) electrons. The van der Waals surface area contributed by atoms with Crippen LogP contribution in [0.1, 0.15) is 24.8 Å². The van der Waals surface area contributed by atoms with Crippen molar-refractivity contribution >= 4 is 17.5 Å². The Morgan fingerprint density at radius 3 is 3.08 bits per heavy atom. The lowest BCUT2D eigenvalue weighted by atomic mass is 10.1. The van der Waals surface area contributed by atoms with Gasteiger partial charge in [-0.3, -0.25) is 4.79 Å². The molecule has 1 aromatic carbocycles. The highest BCUT2D eigenvalue weighted by atomic mass is 16.1. The zero-order valence-corrected chi connectivity index (χ0v) is 14.5. The third-order valence-corrected chi connectivity index (χ3v) is 5.10. The normalized spacial score (nSPS) is 19.7. The topological polar surface area (TPSA) is 70.2 Å². The molecule has 0 spiro atoms. The Bertz CT molecular complexity index is 791. The summed E-state index contributed by atoms with van der Waals surface area (Å²) < 4.78 is 0. The smallest absolute Gasteiger partial charge is 0.228 e.